The molecule has 1 aromatic heterocycles. The lowest BCUT2D eigenvalue weighted by molar-refractivity contribution is 0.120. The molecule has 1 aliphatic carbocycles. The molecule has 4 N–H and O–H groups in total. The number of aryl methyl sites for hydroxylation is 1. The molecule has 0 aliphatic heterocycles. The molecule has 1 aliphatic rings. The number of nitrogens with one attached hydrogen (secondary N) is 3. The first kappa shape index (κ1) is 21.0. The van der Waals surface area contributed by atoms with Crippen LogP contribution in [0.4, 0.5) is 0 Å². The molecule has 0 bridgehead atoms. The lowest BCUT2D eigenvalue weighted by atomic mass is 9.93. The average molecular weight is 470 g/mol. The van der Waals surface area contributed by atoms with Gasteiger partial charge in [-0.1, -0.05) is 18.2 Å². The van der Waals surface area contributed by atoms with Crippen molar-refractivity contribution in [2.75, 3.05) is 13.1 Å². The monoisotopic (exact) mass is 470 g/mol. The predicted octanol–water partition coefficient (Wildman–Crippen LogP) is 3.50. The molecule has 0 spiro atoms. The summed E-state index contributed by atoms with van der Waals surface area (Å²) in [4.78, 5) is 8.22. The van der Waals surface area contributed by atoms with E-state index in [-0.39, 0.29) is 30.1 Å². The van der Waals surface area contributed by atoms with Crippen molar-refractivity contribution in [3.63, 3.8) is 0 Å². The van der Waals surface area contributed by atoms with Crippen LogP contribution in [-0.2, 0) is 6.42 Å². The van der Waals surface area contributed by atoms with Crippen molar-refractivity contribution < 1.29 is 5.11 Å². The van der Waals surface area contributed by atoms with Gasteiger partial charge in [-0.25, -0.2) is 0 Å². The van der Waals surface area contributed by atoms with E-state index in [1.807, 2.05) is 0 Å². The smallest absolute Gasteiger partial charge is 0.191 e. The van der Waals surface area contributed by atoms with Gasteiger partial charge in [-0.15, -0.1) is 24.0 Å². The zero-order chi connectivity index (χ0) is 17.6. The number of fused-ring (bicyclic) bond motifs is 1. The molecule has 1 heterocycles. The highest BCUT2D eigenvalue weighted by Crippen LogP contribution is 2.22. The van der Waals surface area contributed by atoms with Gasteiger partial charge < -0.3 is 20.7 Å². The van der Waals surface area contributed by atoms with Gasteiger partial charge in [0.2, 0.25) is 0 Å². The summed E-state index contributed by atoms with van der Waals surface area (Å²) >= 11 is 0. The minimum Gasteiger partial charge on any atom is -0.393 e. The van der Waals surface area contributed by atoms with E-state index >= 15 is 0 Å². The van der Waals surface area contributed by atoms with Gasteiger partial charge in [-0.2, -0.15) is 0 Å². The Morgan fingerprint density at radius 3 is 2.69 bits per heavy atom. The number of nitrogens with zero attached hydrogens (tertiary/aromatic N) is 1. The van der Waals surface area contributed by atoms with Gasteiger partial charge in [0.25, 0.3) is 0 Å². The molecule has 0 radical (unpaired) electrons. The van der Waals surface area contributed by atoms with Crippen molar-refractivity contribution in [3.05, 3.63) is 35.5 Å². The zero-order valence-corrected chi connectivity index (χ0v) is 18.0. The molecule has 0 saturated heterocycles. The van der Waals surface area contributed by atoms with Crippen molar-refractivity contribution in [2.24, 2.45) is 4.99 Å². The lowest BCUT2D eigenvalue weighted by Gasteiger charge is -2.27. The fourth-order valence-corrected chi connectivity index (χ4v) is 3.67. The molecular weight excluding hydrogens is 439 g/mol. The highest BCUT2D eigenvalue weighted by molar-refractivity contribution is 14.0. The van der Waals surface area contributed by atoms with Crippen molar-refractivity contribution >= 4 is 40.8 Å². The first-order chi connectivity index (χ1) is 12.2. The van der Waals surface area contributed by atoms with Gasteiger partial charge >= 0.3 is 0 Å². The Morgan fingerprint density at radius 2 is 1.96 bits per heavy atom. The minimum atomic E-state index is -0.123. The molecular formula is C20H31IN4O. The first-order valence-corrected chi connectivity index (χ1v) is 9.46. The molecule has 6 heteroatoms. The number of para-hydroxylation sites is 1. The molecule has 1 fully saturated rings. The Morgan fingerprint density at radius 1 is 1.23 bits per heavy atom. The van der Waals surface area contributed by atoms with E-state index in [1.165, 1.54) is 22.2 Å². The highest BCUT2D eigenvalue weighted by atomic mass is 127. The van der Waals surface area contributed by atoms with E-state index in [2.05, 4.69) is 53.7 Å². The third kappa shape index (κ3) is 5.36. The highest BCUT2D eigenvalue weighted by Gasteiger charge is 2.19. The molecule has 0 atom stereocenters. The third-order valence-corrected chi connectivity index (χ3v) is 5.04. The van der Waals surface area contributed by atoms with E-state index in [0.29, 0.717) is 6.04 Å². The quantitative estimate of drug-likeness (QED) is 0.307. The normalized spacial score (nSPS) is 20.7. The van der Waals surface area contributed by atoms with Crippen molar-refractivity contribution in [1.29, 1.82) is 0 Å². The van der Waals surface area contributed by atoms with Gasteiger partial charge in [0.1, 0.15) is 0 Å². The average Bonchev–Trinajstić information content (AvgIpc) is 2.93. The van der Waals surface area contributed by atoms with Gasteiger partial charge in [0, 0.05) is 35.7 Å². The van der Waals surface area contributed by atoms with Gasteiger partial charge in [-0.3, -0.25) is 4.99 Å². The fourth-order valence-electron chi connectivity index (χ4n) is 3.67. The van der Waals surface area contributed by atoms with Gasteiger partial charge in [-0.05, 0) is 57.6 Å². The van der Waals surface area contributed by atoms with E-state index in [4.69, 9.17) is 4.99 Å². The summed E-state index contributed by atoms with van der Waals surface area (Å²) in [7, 11) is 0. The van der Waals surface area contributed by atoms with Gasteiger partial charge in [0.05, 0.1) is 6.10 Å². The van der Waals surface area contributed by atoms with Crippen molar-refractivity contribution in [1.82, 2.24) is 15.6 Å². The first-order valence-electron chi connectivity index (χ1n) is 9.46. The summed E-state index contributed by atoms with van der Waals surface area (Å²) in [5, 5.41) is 17.8. The topological polar surface area (TPSA) is 72.4 Å². The second kappa shape index (κ2) is 10.2. The number of benzene rings is 1. The third-order valence-electron chi connectivity index (χ3n) is 5.04. The van der Waals surface area contributed by atoms with Crippen LogP contribution in [-0.4, -0.2) is 41.3 Å². The number of aromatic amines is 1. The Kier molecular flexibility index (Phi) is 8.21. The Balaban J connectivity index is 0.00000243. The van der Waals surface area contributed by atoms with E-state index in [9.17, 15) is 5.11 Å². The lowest BCUT2D eigenvalue weighted by Crippen LogP contribution is -2.45. The maximum absolute atomic E-state index is 9.65. The number of halogens is 1. The van der Waals surface area contributed by atoms with Crippen LogP contribution in [0.2, 0.25) is 0 Å². The summed E-state index contributed by atoms with van der Waals surface area (Å²) in [6.07, 6.45) is 4.58. The summed E-state index contributed by atoms with van der Waals surface area (Å²) in [6, 6.07) is 8.86. The number of hydrogen-bond acceptors (Lipinski definition) is 2. The van der Waals surface area contributed by atoms with Crippen LogP contribution >= 0.6 is 24.0 Å². The Hall–Kier alpha value is -1.28. The number of H-pyrrole nitrogens is 1. The SMILES string of the molecule is CCNC(=NCCc1c(C)[nH]c2ccccc12)NC1CCC(O)CC1.I. The van der Waals surface area contributed by atoms with Crippen molar-refractivity contribution in [2.45, 2.75) is 58.1 Å². The second-order valence-electron chi connectivity index (χ2n) is 6.93. The van der Waals surface area contributed by atoms with E-state index in [1.54, 1.807) is 0 Å². The number of aromatic nitrogens is 1. The molecule has 5 nitrogen and oxygen atoms in total. The molecule has 0 amide bonds. The van der Waals surface area contributed by atoms with Crippen LogP contribution in [0.5, 0.6) is 0 Å². The summed E-state index contributed by atoms with van der Waals surface area (Å²) in [5.74, 6) is 0.890. The number of hydrogen-bond donors (Lipinski definition) is 4. The number of rotatable bonds is 5. The van der Waals surface area contributed by atoms with Crippen molar-refractivity contribution in [3.8, 4) is 0 Å². The number of aliphatic hydroxyl groups excluding tert-OH is 1. The molecule has 3 rings (SSSR count). The van der Waals surface area contributed by atoms with Crippen LogP contribution in [0.25, 0.3) is 10.9 Å². The van der Waals surface area contributed by atoms with E-state index in [0.717, 1.165) is 51.2 Å². The number of aliphatic hydroxyl groups is 1. The molecule has 2 aromatic rings. The van der Waals surface area contributed by atoms with E-state index < -0.39 is 0 Å². The summed E-state index contributed by atoms with van der Waals surface area (Å²) in [5.41, 5.74) is 3.79. The minimum absolute atomic E-state index is 0. The van der Waals surface area contributed by atoms with Gasteiger partial charge in [0.15, 0.2) is 5.96 Å². The summed E-state index contributed by atoms with van der Waals surface area (Å²) in [6.45, 7) is 5.84. The summed E-state index contributed by atoms with van der Waals surface area (Å²) < 4.78 is 0. The van der Waals surface area contributed by atoms with Crippen LogP contribution in [0.3, 0.4) is 0 Å². The largest absolute Gasteiger partial charge is 0.393 e. The molecule has 0 unspecified atom stereocenters. The Bertz CT molecular complexity index is 720. The fraction of sp³-hybridized carbons (Fsp3) is 0.550. The molecule has 1 saturated carbocycles. The predicted molar refractivity (Wildman–Crippen MR) is 120 cm³/mol. The number of guanidine groups is 1. The maximum atomic E-state index is 9.65. The maximum Gasteiger partial charge on any atom is 0.191 e. The van der Waals surface area contributed by atoms with Crippen LogP contribution in [0, 0.1) is 6.92 Å². The molecule has 144 valence electrons. The zero-order valence-electron chi connectivity index (χ0n) is 15.7. The number of aliphatic imine (C=N–C) groups is 1. The Labute approximate surface area is 173 Å². The van der Waals surface area contributed by atoms with Crippen LogP contribution < -0.4 is 10.6 Å². The molecule has 26 heavy (non-hydrogen) atoms. The van der Waals surface area contributed by atoms with Crippen LogP contribution in [0.15, 0.2) is 29.3 Å². The standard InChI is InChI=1S/C20H30N4O.HI/c1-3-21-20(24-15-8-10-16(25)11-9-15)22-13-12-17-14(2)23-19-7-5-4-6-18(17)19;/h4-7,15-16,23,25H,3,8-13H2,1-2H3,(H2,21,22,24);1H. The van der Waals surface area contributed by atoms with Crippen LogP contribution in [0.1, 0.15) is 43.9 Å². The second-order valence-corrected chi connectivity index (χ2v) is 6.93. The molecule has 1 aromatic carbocycles.